The highest BCUT2D eigenvalue weighted by molar-refractivity contribution is 5.75. The van der Waals surface area contributed by atoms with Crippen LogP contribution in [-0.2, 0) is 7.05 Å². The number of H-pyrrole nitrogens is 1. The highest BCUT2D eigenvalue weighted by atomic mass is 16.2. The summed E-state index contributed by atoms with van der Waals surface area (Å²) >= 11 is 0. The quantitative estimate of drug-likeness (QED) is 0.679. The lowest BCUT2D eigenvalue weighted by molar-refractivity contribution is 0.490. The van der Waals surface area contributed by atoms with Gasteiger partial charge in [0.1, 0.15) is 0 Å². The fourth-order valence-corrected chi connectivity index (χ4v) is 4.07. The van der Waals surface area contributed by atoms with Gasteiger partial charge in [-0.25, -0.2) is 4.79 Å². The van der Waals surface area contributed by atoms with Gasteiger partial charge >= 0.3 is 5.69 Å². The lowest BCUT2D eigenvalue weighted by Gasteiger charge is -2.33. The van der Waals surface area contributed by atoms with E-state index in [1.54, 1.807) is 13.1 Å². The molecule has 3 aromatic rings. The minimum atomic E-state index is -0.515. The maximum Gasteiger partial charge on any atom is 0.329 e. The first-order chi connectivity index (χ1) is 13.9. The third-order valence-electron chi connectivity index (χ3n) is 5.59. The van der Waals surface area contributed by atoms with E-state index in [-0.39, 0.29) is 12.1 Å². The molecule has 0 saturated carbocycles. The van der Waals surface area contributed by atoms with E-state index < -0.39 is 11.2 Å². The maximum absolute atomic E-state index is 12.8. The van der Waals surface area contributed by atoms with Crippen molar-refractivity contribution in [1.82, 2.24) is 19.1 Å². The van der Waals surface area contributed by atoms with Crippen LogP contribution < -0.4 is 21.9 Å². The van der Waals surface area contributed by atoms with Crippen LogP contribution in [0.4, 0.5) is 5.95 Å². The third kappa shape index (κ3) is 3.11. The van der Waals surface area contributed by atoms with Crippen LogP contribution in [0.3, 0.4) is 0 Å². The summed E-state index contributed by atoms with van der Waals surface area (Å²) in [6.07, 6.45) is 1.85. The largest absolute Gasteiger partial charge is 0.341 e. The number of nitriles is 1. The van der Waals surface area contributed by atoms with Crippen molar-refractivity contribution < 1.29 is 0 Å². The van der Waals surface area contributed by atoms with Gasteiger partial charge in [-0.05, 0) is 31.4 Å². The minimum absolute atomic E-state index is 0.0146. The number of nitrogens with zero attached hydrogens (tertiary/aromatic N) is 5. The van der Waals surface area contributed by atoms with E-state index in [2.05, 4.69) is 20.9 Å². The highest BCUT2D eigenvalue weighted by Crippen LogP contribution is 2.31. The Balaban J connectivity index is 2.01. The van der Waals surface area contributed by atoms with Gasteiger partial charge in [0, 0.05) is 26.2 Å². The number of hydrogen-bond donors (Lipinski definition) is 2. The molecule has 3 N–H and O–H groups in total. The number of anilines is 1. The van der Waals surface area contributed by atoms with Crippen LogP contribution in [0.25, 0.3) is 11.2 Å². The van der Waals surface area contributed by atoms with Gasteiger partial charge in [0.2, 0.25) is 5.95 Å². The molecule has 2 aromatic heterocycles. The molecule has 1 aliphatic heterocycles. The second kappa shape index (κ2) is 7.22. The predicted molar refractivity (Wildman–Crippen MR) is 110 cm³/mol. The predicted octanol–water partition coefficient (Wildman–Crippen LogP) is 0.832. The fourth-order valence-electron chi connectivity index (χ4n) is 4.07. The van der Waals surface area contributed by atoms with Crippen LogP contribution in [-0.4, -0.2) is 38.2 Å². The Kier molecular flexibility index (Phi) is 4.72. The maximum atomic E-state index is 12.8. The molecule has 0 aliphatic carbocycles. The number of nitrogens with one attached hydrogen (secondary N) is 1. The van der Waals surface area contributed by atoms with Crippen molar-refractivity contribution in [3.05, 3.63) is 56.2 Å². The summed E-state index contributed by atoms with van der Waals surface area (Å²) in [7, 11) is 1.58. The number of imidazole rings is 1. The first-order valence-electron chi connectivity index (χ1n) is 9.63. The second-order valence-electron chi connectivity index (χ2n) is 7.50. The van der Waals surface area contributed by atoms with Gasteiger partial charge in [0.05, 0.1) is 17.7 Å². The summed E-state index contributed by atoms with van der Waals surface area (Å²) in [6.45, 7) is 3.30. The lowest BCUT2D eigenvalue weighted by atomic mass is 10.0. The van der Waals surface area contributed by atoms with Gasteiger partial charge in [-0.15, -0.1) is 0 Å². The summed E-state index contributed by atoms with van der Waals surface area (Å²) < 4.78 is 3.16. The molecule has 0 radical (unpaired) electrons. The molecule has 4 rings (SSSR count). The molecule has 0 bridgehead atoms. The van der Waals surface area contributed by atoms with Crippen molar-refractivity contribution in [1.29, 1.82) is 5.26 Å². The molecule has 1 aliphatic rings. The molecule has 2 unspecified atom stereocenters. The molecular formula is C20H23N7O2. The van der Waals surface area contributed by atoms with Crippen molar-refractivity contribution in [2.24, 2.45) is 12.8 Å². The normalized spacial score (nSPS) is 18.0. The van der Waals surface area contributed by atoms with E-state index in [0.717, 1.165) is 24.9 Å². The van der Waals surface area contributed by atoms with E-state index in [1.165, 1.54) is 4.57 Å². The Bertz CT molecular complexity index is 1230. The van der Waals surface area contributed by atoms with Crippen LogP contribution in [0.5, 0.6) is 0 Å². The van der Waals surface area contributed by atoms with Gasteiger partial charge in [0.15, 0.2) is 11.2 Å². The summed E-state index contributed by atoms with van der Waals surface area (Å²) in [5.41, 5.74) is 7.10. The Morgan fingerprint density at radius 1 is 1.34 bits per heavy atom. The van der Waals surface area contributed by atoms with Crippen molar-refractivity contribution in [2.75, 3.05) is 18.0 Å². The van der Waals surface area contributed by atoms with Crippen LogP contribution >= 0.6 is 0 Å². The Hall–Kier alpha value is -3.38. The van der Waals surface area contributed by atoms with Crippen molar-refractivity contribution in [3.63, 3.8) is 0 Å². The Morgan fingerprint density at radius 2 is 2.10 bits per heavy atom. The first kappa shape index (κ1) is 19.0. The van der Waals surface area contributed by atoms with E-state index >= 15 is 0 Å². The smallest absolute Gasteiger partial charge is 0.329 e. The van der Waals surface area contributed by atoms with Gasteiger partial charge in [-0.3, -0.25) is 18.9 Å². The average molecular weight is 393 g/mol. The summed E-state index contributed by atoms with van der Waals surface area (Å²) in [6, 6.07) is 9.18. The molecule has 1 aromatic carbocycles. The molecule has 9 nitrogen and oxygen atoms in total. The number of fused-ring (bicyclic) bond motifs is 1. The zero-order valence-corrected chi connectivity index (χ0v) is 16.4. The van der Waals surface area contributed by atoms with Crippen LogP contribution in [0.15, 0.2) is 33.9 Å². The highest BCUT2D eigenvalue weighted by Gasteiger charge is 2.28. The second-order valence-corrected chi connectivity index (χ2v) is 7.50. The number of rotatable bonds is 3. The van der Waals surface area contributed by atoms with Crippen molar-refractivity contribution in [3.8, 4) is 6.07 Å². The van der Waals surface area contributed by atoms with Gasteiger partial charge < -0.3 is 10.6 Å². The number of aromatic amines is 1. The van der Waals surface area contributed by atoms with E-state index in [4.69, 9.17) is 5.73 Å². The lowest BCUT2D eigenvalue weighted by Crippen LogP contribution is -2.44. The molecule has 1 saturated heterocycles. The van der Waals surface area contributed by atoms with E-state index in [9.17, 15) is 14.9 Å². The fraction of sp³-hybridized carbons (Fsp3) is 0.400. The summed E-state index contributed by atoms with van der Waals surface area (Å²) in [4.78, 5) is 34.0. The number of piperidine rings is 1. The number of nitrogens with two attached hydrogens (primary N) is 1. The summed E-state index contributed by atoms with van der Waals surface area (Å²) in [5.74, 6) is 0.585. The number of aryl methyl sites for hydroxylation is 1. The zero-order valence-electron chi connectivity index (χ0n) is 16.4. The average Bonchev–Trinajstić information content (AvgIpc) is 3.13. The van der Waals surface area contributed by atoms with E-state index in [0.29, 0.717) is 29.2 Å². The Labute approximate surface area is 167 Å². The molecule has 0 spiro atoms. The zero-order chi connectivity index (χ0) is 20.7. The minimum Gasteiger partial charge on any atom is -0.341 e. The molecule has 1 fully saturated rings. The molecule has 3 heterocycles. The topological polar surface area (TPSA) is 126 Å². The SMILES string of the molecule is CC(c1ccccc1C#N)n1c(N2CCCC(N)C2)nc2c1c(=O)[nH]c(=O)n2C. The first-order valence-corrected chi connectivity index (χ1v) is 9.63. The van der Waals surface area contributed by atoms with Gasteiger partial charge in [-0.1, -0.05) is 18.2 Å². The van der Waals surface area contributed by atoms with Crippen LogP contribution in [0, 0.1) is 11.3 Å². The Morgan fingerprint density at radius 3 is 2.83 bits per heavy atom. The molecule has 150 valence electrons. The molecule has 2 atom stereocenters. The van der Waals surface area contributed by atoms with Crippen molar-refractivity contribution in [2.45, 2.75) is 31.8 Å². The molecule has 9 heteroatoms. The third-order valence-corrected chi connectivity index (χ3v) is 5.59. The number of hydrogen-bond acceptors (Lipinski definition) is 6. The molecule has 29 heavy (non-hydrogen) atoms. The van der Waals surface area contributed by atoms with Crippen LogP contribution in [0.2, 0.25) is 0 Å². The number of aromatic nitrogens is 4. The van der Waals surface area contributed by atoms with Gasteiger partial charge in [-0.2, -0.15) is 10.2 Å². The molecule has 0 amide bonds. The number of benzene rings is 1. The van der Waals surface area contributed by atoms with Crippen LogP contribution in [0.1, 0.15) is 36.9 Å². The van der Waals surface area contributed by atoms with E-state index in [1.807, 2.05) is 29.7 Å². The van der Waals surface area contributed by atoms with Crippen molar-refractivity contribution >= 4 is 17.1 Å². The van der Waals surface area contributed by atoms with Gasteiger partial charge in [0.25, 0.3) is 5.56 Å². The summed E-state index contributed by atoms with van der Waals surface area (Å²) in [5, 5.41) is 9.55. The molecular weight excluding hydrogens is 370 g/mol. The monoisotopic (exact) mass is 393 g/mol. The standard InChI is InChI=1S/C20H23N7O2/c1-12(15-8-4-3-6-13(15)10-21)27-16-17(25(2)20(29)24-18(16)28)23-19(27)26-9-5-7-14(22)11-26/h3-4,6,8,12,14H,5,7,9,11,22H2,1-2H3,(H,24,28,29).